The Hall–Kier alpha value is -5.49. The number of amides is 6. The van der Waals surface area contributed by atoms with Crippen LogP contribution in [0.15, 0.2) is 15.0 Å². The zero-order valence-corrected chi connectivity index (χ0v) is 32.4. The number of nitrogens with one attached hydrogen (secondary N) is 2. The summed E-state index contributed by atoms with van der Waals surface area (Å²) >= 11 is 0. The number of nitrogens with two attached hydrogens (primary N) is 10. The number of aliphatic imine (C=N–C) groups is 3. The molecule has 22 N–H and O–H groups in total. The number of carbonyl (C=O) groups excluding carboxylic acids is 6. The van der Waals surface area contributed by atoms with Crippen molar-refractivity contribution in [2.75, 3.05) is 78.5 Å². The third kappa shape index (κ3) is 25.5. The Labute approximate surface area is 327 Å². The van der Waals surface area contributed by atoms with Gasteiger partial charge in [-0.15, -0.1) is 0 Å². The van der Waals surface area contributed by atoms with Crippen LogP contribution in [0.5, 0.6) is 0 Å². The Morgan fingerprint density at radius 2 is 0.911 bits per heavy atom. The van der Waals surface area contributed by atoms with Crippen LogP contribution in [0.3, 0.4) is 0 Å². The third-order valence-electron chi connectivity index (χ3n) is 7.93. The normalized spacial score (nSPS) is 11.6. The highest BCUT2D eigenvalue weighted by molar-refractivity contribution is 5.87. The fraction of sp³-hybridized carbons (Fsp3) is 0.719. The van der Waals surface area contributed by atoms with Gasteiger partial charge in [0.25, 0.3) is 0 Å². The largest absolute Gasteiger partial charge is 0.370 e. The van der Waals surface area contributed by atoms with Crippen molar-refractivity contribution in [2.24, 2.45) is 72.3 Å². The van der Waals surface area contributed by atoms with Crippen molar-refractivity contribution >= 4 is 53.3 Å². The van der Waals surface area contributed by atoms with Crippen LogP contribution in [0.1, 0.15) is 57.8 Å². The summed E-state index contributed by atoms with van der Waals surface area (Å²) in [4.78, 5) is 93.6. The van der Waals surface area contributed by atoms with E-state index >= 15 is 0 Å². The second-order valence-electron chi connectivity index (χ2n) is 12.9. The lowest BCUT2D eigenvalue weighted by atomic mass is 10.1. The molecule has 0 aliphatic heterocycles. The molecule has 0 aliphatic carbocycles. The van der Waals surface area contributed by atoms with Gasteiger partial charge in [0.2, 0.25) is 35.4 Å². The molecule has 0 unspecified atom stereocenters. The van der Waals surface area contributed by atoms with E-state index in [1.807, 2.05) is 0 Å². The topological polar surface area (TPSA) is 433 Å². The lowest BCUT2D eigenvalue weighted by Gasteiger charge is -2.31. The van der Waals surface area contributed by atoms with E-state index in [0.29, 0.717) is 38.6 Å². The molecular formula is C32H66N18O6. The first-order valence-corrected chi connectivity index (χ1v) is 18.5. The molecule has 0 fully saturated rings. The number of guanidine groups is 3. The van der Waals surface area contributed by atoms with Crippen molar-refractivity contribution in [2.45, 2.75) is 69.9 Å². The van der Waals surface area contributed by atoms with Gasteiger partial charge in [-0.3, -0.25) is 43.7 Å². The summed E-state index contributed by atoms with van der Waals surface area (Å²) in [6.07, 6.45) is 2.44. The minimum atomic E-state index is -0.786. The smallest absolute Gasteiger partial charge is 0.239 e. The van der Waals surface area contributed by atoms with Crippen LogP contribution in [0.25, 0.3) is 0 Å². The van der Waals surface area contributed by atoms with Crippen LogP contribution in [0.2, 0.25) is 0 Å². The first-order valence-electron chi connectivity index (χ1n) is 18.5. The maximum absolute atomic E-state index is 13.7. The van der Waals surface area contributed by atoms with E-state index in [0.717, 1.165) is 0 Å². The van der Waals surface area contributed by atoms with Gasteiger partial charge in [-0.25, -0.2) is 0 Å². The van der Waals surface area contributed by atoms with Gasteiger partial charge < -0.3 is 82.7 Å². The second kappa shape index (κ2) is 29.8. The van der Waals surface area contributed by atoms with Crippen molar-refractivity contribution in [3.05, 3.63) is 0 Å². The summed E-state index contributed by atoms with van der Waals surface area (Å²) in [6.45, 7) is -0.356. The van der Waals surface area contributed by atoms with E-state index in [4.69, 9.17) is 57.3 Å². The third-order valence-corrected chi connectivity index (χ3v) is 7.93. The quantitative estimate of drug-likeness (QED) is 0.0176. The molecule has 0 spiro atoms. The average Bonchev–Trinajstić information content (AvgIpc) is 3.10. The lowest BCUT2D eigenvalue weighted by molar-refractivity contribution is -0.138. The van der Waals surface area contributed by atoms with Gasteiger partial charge in [-0.1, -0.05) is 6.42 Å². The molecule has 0 radical (unpaired) electrons. The highest BCUT2D eigenvalue weighted by Gasteiger charge is 2.27. The van der Waals surface area contributed by atoms with Gasteiger partial charge in [0.05, 0.1) is 32.7 Å². The average molecular weight is 799 g/mol. The molecule has 0 aromatic rings. The summed E-state index contributed by atoms with van der Waals surface area (Å²) < 4.78 is 0. The maximum Gasteiger partial charge on any atom is 0.239 e. The molecule has 6 amide bonds. The Morgan fingerprint density at radius 3 is 1.38 bits per heavy atom. The van der Waals surface area contributed by atoms with E-state index < -0.39 is 54.7 Å². The second-order valence-corrected chi connectivity index (χ2v) is 12.9. The monoisotopic (exact) mass is 799 g/mol. The summed E-state index contributed by atoms with van der Waals surface area (Å²) in [5.74, 6) is -3.66. The van der Waals surface area contributed by atoms with Gasteiger partial charge in [0.1, 0.15) is 0 Å². The number of unbranched alkanes of at least 4 members (excludes halogenated alkanes) is 1. The Morgan fingerprint density at radius 1 is 0.482 bits per heavy atom. The molecule has 2 atom stereocenters. The zero-order chi connectivity index (χ0) is 42.5. The van der Waals surface area contributed by atoms with Gasteiger partial charge in [-0.05, 0) is 45.2 Å². The number of hydrogen-bond donors (Lipinski definition) is 12. The van der Waals surface area contributed by atoms with E-state index in [9.17, 15) is 28.8 Å². The van der Waals surface area contributed by atoms with Crippen molar-refractivity contribution in [1.82, 2.24) is 25.3 Å². The molecule has 0 aromatic heterocycles. The highest BCUT2D eigenvalue weighted by atomic mass is 16.2. The van der Waals surface area contributed by atoms with Crippen LogP contribution >= 0.6 is 0 Å². The van der Waals surface area contributed by atoms with Crippen LogP contribution in [-0.2, 0) is 28.8 Å². The molecule has 0 heterocycles. The molecule has 0 saturated carbocycles. The molecule has 24 nitrogen and oxygen atoms in total. The van der Waals surface area contributed by atoms with Crippen molar-refractivity contribution < 1.29 is 28.8 Å². The predicted molar refractivity (Wildman–Crippen MR) is 214 cm³/mol. The van der Waals surface area contributed by atoms with Gasteiger partial charge in [-0.2, -0.15) is 0 Å². The number of nitrogens with zero attached hydrogens (tertiary/aromatic N) is 6. The summed E-state index contributed by atoms with van der Waals surface area (Å²) in [5, 5.41) is 5.75. The number of carbonyl (C=O) groups is 6. The van der Waals surface area contributed by atoms with Crippen molar-refractivity contribution in [1.29, 1.82) is 0 Å². The van der Waals surface area contributed by atoms with Gasteiger partial charge in [0, 0.05) is 64.1 Å². The molecule has 0 aromatic carbocycles. The summed E-state index contributed by atoms with van der Waals surface area (Å²) in [5.41, 5.74) is 54.8. The molecule has 320 valence electrons. The first-order chi connectivity index (χ1) is 26.5. The molecular weight excluding hydrogens is 732 g/mol. The van der Waals surface area contributed by atoms with E-state index in [-0.39, 0.29) is 108 Å². The lowest BCUT2D eigenvalue weighted by Crippen LogP contribution is -2.53. The Balaban J connectivity index is 6.26. The first kappa shape index (κ1) is 50.5. The van der Waals surface area contributed by atoms with Gasteiger partial charge in [0.15, 0.2) is 17.9 Å². The Bertz CT molecular complexity index is 1320. The van der Waals surface area contributed by atoms with Crippen molar-refractivity contribution in [3.8, 4) is 0 Å². The minimum absolute atomic E-state index is 0.0282. The van der Waals surface area contributed by atoms with Crippen LogP contribution in [0.4, 0.5) is 0 Å². The molecule has 0 bridgehead atoms. The van der Waals surface area contributed by atoms with E-state index in [2.05, 4.69) is 25.6 Å². The highest BCUT2D eigenvalue weighted by Crippen LogP contribution is 2.09. The van der Waals surface area contributed by atoms with Gasteiger partial charge >= 0.3 is 0 Å². The predicted octanol–water partition coefficient (Wildman–Crippen LogP) is -6.87. The molecule has 0 saturated heterocycles. The van der Waals surface area contributed by atoms with E-state index in [1.54, 1.807) is 0 Å². The maximum atomic E-state index is 13.7. The standard InChI is InChI=1S/C32H66N18O6/c33-10-2-1-5-22(46-25(52)20-48(16-12-35)28(55)8-14-44-31(39)40)18-50(27(54)7-3-11-34)21-26(53)47-23(6-4-13-43-30(37)38)17-49(19-24(36)51)29(56)9-15-45-32(41)42/h22-23H,1-21,33-35H2,(H2,36,51)(H,46,52)(H,47,53)(H4,37,38,43)(H4,39,40,44)(H4,41,42,45)/t22-,23-/m0/s1. The van der Waals surface area contributed by atoms with E-state index in [1.165, 1.54) is 14.7 Å². The zero-order valence-electron chi connectivity index (χ0n) is 32.4. The van der Waals surface area contributed by atoms with Crippen LogP contribution < -0.4 is 68.0 Å². The molecule has 24 heteroatoms. The fourth-order valence-electron chi connectivity index (χ4n) is 5.36. The molecule has 0 rings (SSSR count). The Kier molecular flexibility index (Phi) is 26.9. The number of rotatable bonds is 31. The number of hydrogen-bond acceptors (Lipinski definition) is 12. The summed E-state index contributed by atoms with van der Waals surface area (Å²) in [7, 11) is 0. The van der Waals surface area contributed by atoms with Crippen molar-refractivity contribution in [3.63, 3.8) is 0 Å². The van der Waals surface area contributed by atoms with Crippen LogP contribution in [0, 0.1) is 0 Å². The number of primary amides is 1. The summed E-state index contributed by atoms with van der Waals surface area (Å²) in [6, 6.07) is -1.37. The molecule has 0 aliphatic rings. The van der Waals surface area contributed by atoms with Crippen LogP contribution in [-0.4, -0.2) is 159 Å². The minimum Gasteiger partial charge on any atom is -0.370 e. The molecule has 56 heavy (non-hydrogen) atoms. The fourth-order valence-corrected chi connectivity index (χ4v) is 5.36. The SMILES string of the molecule is NCCCC[C@@H](CN(CC(=O)N[C@@H](CCCN=C(N)N)CN(CC(N)=O)C(=O)CCN=C(N)N)C(=O)CCCN)NC(=O)CN(CCN)C(=O)CCN=C(N)N.